The number of dihydropyridines is 1. The maximum Gasteiger partial charge on any atom is 0.416 e. The number of benzene rings is 2. The third-order valence-electron chi connectivity index (χ3n) is 6.02. The summed E-state index contributed by atoms with van der Waals surface area (Å²) in [5, 5.41) is 6.84. The molecule has 1 aliphatic carbocycles. The smallest absolute Gasteiger partial charge is 0.416 e. The Labute approximate surface area is 219 Å². The van der Waals surface area contributed by atoms with Crippen LogP contribution in [0.1, 0.15) is 11.1 Å². The maximum atomic E-state index is 15.0. The molecule has 0 saturated carbocycles. The first kappa shape index (κ1) is 25.7. The fraction of sp³-hybridized carbons (Fsp3) is 0.222. The van der Waals surface area contributed by atoms with Crippen LogP contribution in [0.3, 0.4) is 0 Å². The highest BCUT2D eigenvalue weighted by Crippen LogP contribution is 2.35. The molecule has 1 aromatic heterocycles. The molecule has 2 heterocycles. The van der Waals surface area contributed by atoms with Gasteiger partial charge in [0.1, 0.15) is 5.76 Å². The van der Waals surface area contributed by atoms with Crippen molar-refractivity contribution in [3.63, 3.8) is 0 Å². The highest BCUT2D eigenvalue weighted by atomic mass is 32.1. The summed E-state index contributed by atoms with van der Waals surface area (Å²) in [5.74, 6) is 1.02. The van der Waals surface area contributed by atoms with Gasteiger partial charge in [-0.3, -0.25) is 0 Å². The Kier molecular flexibility index (Phi) is 7.02. The Morgan fingerprint density at radius 3 is 2.68 bits per heavy atom. The first-order valence-electron chi connectivity index (χ1n) is 11.6. The van der Waals surface area contributed by atoms with Gasteiger partial charge in [-0.05, 0) is 36.3 Å². The molecular formula is C27H23F4N3O3S. The number of aromatic nitrogens is 1. The Bertz CT molecular complexity index is 1490. The van der Waals surface area contributed by atoms with Crippen LogP contribution in [0, 0.1) is 5.82 Å². The van der Waals surface area contributed by atoms with Crippen molar-refractivity contribution in [2.24, 2.45) is 0 Å². The Hall–Kier alpha value is -3.99. The number of nitrogens with one attached hydrogen (secondary N) is 2. The summed E-state index contributed by atoms with van der Waals surface area (Å²) in [5.41, 5.74) is 1.08. The van der Waals surface area contributed by atoms with Gasteiger partial charge >= 0.3 is 6.18 Å². The van der Waals surface area contributed by atoms with Crippen molar-refractivity contribution in [1.29, 1.82) is 0 Å². The molecule has 2 N–H and O–H groups in total. The number of nitrogens with zero attached hydrogens (tertiary/aromatic N) is 1. The number of halogens is 4. The summed E-state index contributed by atoms with van der Waals surface area (Å²) in [6.07, 6.45) is 3.04. The van der Waals surface area contributed by atoms with E-state index in [9.17, 15) is 17.6 Å². The van der Waals surface area contributed by atoms with Gasteiger partial charge in [-0.1, -0.05) is 29.5 Å². The van der Waals surface area contributed by atoms with E-state index in [0.29, 0.717) is 51.2 Å². The van der Waals surface area contributed by atoms with Gasteiger partial charge in [0.05, 0.1) is 36.0 Å². The molecular weight excluding hydrogens is 522 g/mol. The summed E-state index contributed by atoms with van der Waals surface area (Å²) in [6, 6.07) is 7.87. The molecule has 5 rings (SSSR count). The number of hydrogen-bond acceptors (Lipinski definition) is 7. The summed E-state index contributed by atoms with van der Waals surface area (Å²) < 4.78 is 71.2. The van der Waals surface area contributed by atoms with E-state index in [1.165, 1.54) is 30.6 Å². The summed E-state index contributed by atoms with van der Waals surface area (Å²) in [6.45, 7) is 0.369. The predicted octanol–water partition coefficient (Wildman–Crippen LogP) is 6.30. The quantitative estimate of drug-likeness (QED) is 0.324. The van der Waals surface area contributed by atoms with E-state index in [2.05, 4.69) is 15.6 Å². The molecule has 0 radical (unpaired) electrons. The van der Waals surface area contributed by atoms with Crippen molar-refractivity contribution in [2.75, 3.05) is 26.1 Å². The summed E-state index contributed by atoms with van der Waals surface area (Å²) in [7, 11) is 3.09. The molecule has 1 unspecified atom stereocenters. The van der Waals surface area contributed by atoms with E-state index >= 15 is 0 Å². The van der Waals surface area contributed by atoms with Crippen LogP contribution in [0.5, 0.6) is 5.75 Å². The van der Waals surface area contributed by atoms with Gasteiger partial charge in [-0.2, -0.15) is 13.2 Å². The van der Waals surface area contributed by atoms with Crippen LogP contribution >= 0.6 is 11.3 Å². The van der Waals surface area contributed by atoms with E-state index in [0.717, 1.165) is 17.7 Å². The van der Waals surface area contributed by atoms with E-state index < -0.39 is 17.6 Å². The van der Waals surface area contributed by atoms with Gasteiger partial charge in [0.15, 0.2) is 28.2 Å². The summed E-state index contributed by atoms with van der Waals surface area (Å²) >= 11 is 1.30. The van der Waals surface area contributed by atoms with E-state index in [-0.39, 0.29) is 11.8 Å². The van der Waals surface area contributed by atoms with Crippen LogP contribution in [-0.4, -0.2) is 31.8 Å². The molecule has 0 saturated heterocycles. The largest absolute Gasteiger partial charge is 0.493 e. The third kappa shape index (κ3) is 5.33. The normalized spacial score (nSPS) is 16.9. The molecule has 198 valence electrons. The van der Waals surface area contributed by atoms with Crippen molar-refractivity contribution >= 4 is 26.7 Å². The van der Waals surface area contributed by atoms with E-state index in [1.807, 2.05) is 6.08 Å². The third-order valence-corrected chi connectivity index (χ3v) is 7.00. The Morgan fingerprint density at radius 1 is 1.11 bits per heavy atom. The molecule has 0 amide bonds. The van der Waals surface area contributed by atoms with Gasteiger partial charge < -0.3 is 24.8 Å². The van der Waals surface area contributed by atoms with Gasteiger partial charge in [0, 0.05) is 30.5 Å². The fourth-order valence-corrected chi connectivity index (χ4v) is 5.05. The summed E-state index contributed by atoms with van der Waals surface area (Å²) in [4.78, 5) is 4.40. The molecule has 6 nitrogen and oxygen atoms in total. The minimum atomic E-state index is -4.38. The molecule has 1 atom stereocenters. The zero-order valence-electron chi connectivity index (χ0n) is 20.4. The number of rotatable bonds is 8. The highest BCUT2D eigenvalue weighted by Gasteiger charge is 2.30. The van der Waals surface area contributed by atoms with Crippen LogP contribution < -0.4 is 15.4 Å². The molecule has 0 fully saturated rings. The lowest BCUT2D eigenvalue weighted by molar-refractivity contribution is -0.137. The zero-order chi connectivity index (χ0) is 26.9. The van der Waals surface area contributed by atoms with Crippen LogP contribution in [-0.2, 0) is 22.1 Å². The Balaban J connectivity index is 1.32. The average Bonchev–Trinajstić information content (AvgIpc) is 3.29. The highest BCUT2D eigenvalue weighted by molar-refractivity contribution is 7.22. The molecule has 0 spiro atoms. The minimum Gasteiger partial charge on any atom is -0.493 e. The zero-order valence-corrected chi connectivity index (χ0v) is 21.2. The van der Waals surface area contributed by atoms with Crippen LogP contribution in [0.4, 0.5) is 22.7 Å². The number of hydrogen-bond donors (Lipinski definition) is 2. The average molecular weight is 546 g/mol. The van der Waals surface area contributed by atoms with Gasteiger partial charge in [0.2, 0.25) is 0 Å². The lowest BCUT2D eigenvalue weighted by Crippen LogP contribution is -2.31. The first-order valence-corrected chi connectivity index (χ1v) is 12.4. The van der Waals surface area contributed by atoms with E-state index in [1.54, 1.807) is 37.6 Å². The second-order valence-electron chi connectivity index (χ2n) is 8.49. The fourth-order valence-electron chi connectivity index (χ4n) is 4.15. The molecule has 0 bridgehead atoms. The Morgan fingerprint density at radius 2 is 1.92 bits per heavy atom. The lowest BCUT2D eigenvalue weighted by atomic mass is 9.96. The second kappa shape index (κ2) is 10.4. The molecule has 2 aromatic carbocycles. The number of anilines is 1. The number of alkyl halides is 3. The minimum absolute atomic E-state index is 0.0401. The van der Waals surface area contributed by atoms with Crippen molar-refractivity contribution in [2.45, 2.75) is 18.6 Å². The monoisotopic (exact) mass is 545 g/mol. The van der Waals surface area contributed by atoms with Crippen LogP contribution in [0.25, 0.3) is 10.2 Å². The standard InChI is InChI=1S/C27H23F4N3O3S/c1-35-23-11-17-19(13-24(23)36-2)32-9-7-21(17)37-22-14-25-20(12-18(22)28)34-26(38-25)33-8-6-15-4-3-5-16(10-15)27(29,30)31/h3-5,7,9-14,19,32H,6,8H2,1-2H3,(H,33,34). The first-order chi connectivity index (χ1) is 18.2. The molecule has 3 aromatic rings. The lowest BCUT2D eigenvalue weighted by Gasteiger charge is -2.27. The van der Waals surface area contributed by atoms with Crippen LogP contribution in [0.2, 0.25) is 0 Å². The number of methoxy groups -OCH3 is 2. The van der Waals surface area contributed by atoms with Crippen molar-refractivity contribution in [3.8, 4) is 5.75 Å². The molecule has 38 heavy (non-hydrogen) atoms. The van der Waals surface area contributed by atoms with Crippen molar-refractivity contribution in [1.82, 2.24) is 10.3 Å². The molecule has 1 aliphatic heterocycles. The maximum absolute atomic E-state index is 15.0. The number of allylic oxidation sites excluding steroid dienone is 1. The predicted molar refractivity (Wildman–Crippen MR) is 137 cm³/mol. The molecule has 2 aliphatic rings. The van der Waals surface area contributed by atoms with Gasteiger partial charge in [-0.25, -0.2) is 9.37 Å². The van der Waals surface area contributed by atoms with Gasteiger partial charge in [0.25, 0.3) is 0 Å². The number of fused-ring (bicyclic) bond motifs is 2. The number of ether oxygens (including phenoxy) is 3. The van der Waals surface area contributed by atoms with E-state index in [4.69, 9.17) is 14.2 Å². The van der Waals surface area contributed by atoms with Crippen molar-refractivity contribution < 1.29 is 31.8 Å². The number of thiazole rings is 1. The second-order valence-corrected chi connectivity index (χ2v) is 9.52. The topological polar surface area (TPSA) is 64.6 Å². The van der Waals surface area contributed by atoms with Crippen molar-refractivity contribution in [3.05, 3.63) is 101 Å². The van der Waals surface area contributed by atoms with Crippen LogP contribution in [0.15, 0.2) is 83.7 Å². The SMILES string of the molecule is COC1=CC2=C(Oc3cc4sc(NCCc5cccc(C(F)(F)F)c5)nc4cc3F)C=CNC2C=C1OC. The molecule has 11 heteroatoms. The van der Waals surface area contributed by atoms with Gasteiger partial charge in [-0.15, -0.1) is 0 Å².